The van der Waals surface area contributed by atoms with Crippen LogP contribution in [0.25, 0.3) is 28.1 Å². The molecule has 0 aliphatic carbocycles. The van der Waals surface area contributed by atoms with E-state index in [0.717, 1.165) is 26.7 Å². The van der Waals surface area contributed by atoms with Crippen LogP contribution >= 0.6 is 40.7 Å². The van der Waals surface area contributed by atoms with Gasteiger partial charge in [-0.3, -0.25) is 4.40 Å². The normalized spacial score (nSPS) is 11.2. The molecule has 0 atom stereocenters. The number of ether oxygens (including phenoxy) is 1. The van der Waals surface area contributed by atoms with Gasteiger partial charge in [0, 0.05) is 23.5 Å². The van der Waals surface area contributed by atoms with Gasteiger partial charge in [-0.25, -0.2) is 4.98 Å². The van der Waals surface area contributed by atoms with Gasteiger partial charge in [-0.2, -0.15) is 0 Å². The maximum atomic E-state index is 6.13. The van der Waals surface area contributed by atoms with Gasteiger partial charge in [0.15, 0.2) is 17.2 Å². The molecule has 154 valence electrons. The molecule has 0 spiro atoms. The third-order valence-corrected chi connectivity index (χ3v) is 5.09. The van der Waals surface area contributed by atoms with E-state index < -0.39 is 0 Å². The van der Waals surface area contributed by atoms with Gasteiger partial charge in [0.05, 0.1) is 11.1 Å². The lowest BCUT2D eigenvalue weighted by atomic mass is 9.95. The zero-order chi connectivity index (χ0) is 19.0. The molecule has 0 bridgehead atoms. The first-order valence-electron chi connectivity index (χ1n) is 8.71. The number of aromatic nitrogens is 4. The van der Waals surface area contributed by atoms with Gasteiger partial charge in [0.25, 0.3) is 0 Å². The van der Waals surface area contributed by atoms with Crippen LogP contribution in [0.15, 0.2) is 53.1 Å². The molecule has 4 aromatic rings. The molecule has 0 saturated heterocycles. The smallest absolute Gasteiger partial charge is 0.187 e. The van der Waals surface area contributed by atoms with E-state index >= 15 is 0 Å². The van der Waals surface area contributed by atoms with Crippen LogP contribution in [0, 0.1) is 5.41 Å². The van der Waals surface area contributed by atoms with E-state index in [9.17, 15) is 0 Å². The van der Waals surface area contributed by atoms with E-state index in [-0.39, 0.29) is 30.2 Å². The summed E-state index contributed by atoms with van der Waals surface area (Å²) in [6.07, 6.45) is 1.93. The summed E-state index contributed by atoms with van der Waals surface area (Å²) in [5, 5.41) is 9.51. The molecular weight excluding hydrogens is 477 g/mol. The topological polar surface area (TPSA) is 78.3 Å². The fraction of sp³-hybridized carbons (Fsp3) is 0.250. The summed E-state index contributed by atoms with van der Waals surface area (Å²) in [6.45, 7) is 5.20. The van der Waals surface area contributed by atoms with Crippen LogP contribution in [-0.2, 0) is 0 Å². The lowest BCUT2D eigenvalue weighted by molar-refractivity contribution is 0.188. The fourth-order valence-electron chi connectivity index (χ4n) is 2.74. The van der Waals surface area contributed by atoms with Crippen molar-refractivity contribution in [3.8, 4) is 17.3 Å². The SMILES string of the molecule is CC(C)(CN)COc1c(Br)ccc2ccc(-c3nnc4ccccn34)nc12.Cl.Cl. The summed E-state index contributed by atoms with van der Waals surface area (Å²) in [5.74, 6) is 1.41. The van der Waals surface area contributed by atoms with Crippen LogP contribution in [0.2, 0.25) is 0 Å². The largest absolute Gasteiger partial charge is 0.489 e. The minimum Gasteiger partial charge on any atom is -0.489 e. The minimum atomic E-state index is -0.123. The summed E-state index contributed by atoms with van der Waals surface area (Å²) in [4.78, 5) is 4.85. The molecule has 4 rings (SSSR count). The van der Waals surface area contributed by atoms with E-state index in [2.05, 4.69) is 40.0 Å². The lowest BCUT2D eigenvalue weighted by Crippen LogP contribution is -2.30. The van der Waals surface area contributed by atoms with E-state index in [1.54, 1.807) is 0 Å². The fourth-order valence-corrected chi connectivity index (χ4v) is 3.18. The number of hydrogen-bond donors (Lipinski definition) is 1. The molecule has 3 heterocycles. The highest BCUT2D eigenvalue weighted by molar-refractivity contribution is 9.10. The number of fused-ring (bicyclic) bond motifs is 2. The third kappa shape index (κ3) is 4.64. The van der Waals surface area contributed by atoms with Crippen molar-refractivity contribution in [2.75, 3.05) is 13.2 Å². The maximum Gasteiger partial charge on any atom is 0.187 e. The second-order valence-electron chi connectivity index (χ2n) is 7.25. The molecule has 29 heavy (non-hydrogen) atoms. The van der Waals surface area contributed by atoms with Gasteiger partial charge in [0.2, 0.25) is 0 Å². The van der Waals surface area contributed by atoms with E-state index in [4.69, 9.17) is 15.5 Å². The number of nitrogens with two attached hydrogens (primary N) is 1. The highest BCUT2D eigenvalue weighted by atomic mass is 79.9. The van der Waals surface area contributed by atoms with E-state index in [0.29, 0.717) is 24.7 Å². The third-order valence-electron chi connectivity index (χ3n) is 4.47. The predicted molar refractivity (Wildman–Crippen MR) is 124 cm³/mol. The first-order chi connectivity index (χ1) is 13.0. The van der Waals surface area contributed by atoms with Crippen molar-refractivity contribution < 1.29 is 4.74 Å². The van der Waals surface area contributed by atoms with E-state index in [1.165, 1.54) is 0 Å². The molecular formula is C20H22BrCl2N5O. The van der Waals surface area contributed by atoms with Crippen molar-refractivity contribution in [1.82, 2.24) is 19.6 Å². The van der Waals surface area contributed by atoms with Crippen molar-refractivity contribution in [3.63, 3.8) is 0 Å². The molecule has 9 heteroatoms. The second-order valence-corrected chi connectivity index (χ2v) is 8.11. The Bertz CT molecular complexity index is 1130. The van der Waals surface area contributed by atoms with Crippen molar-refractivity contribution >= 4 is 57.3 Å². The van der Waals surface area contributed by atoms with Gasteiger partial charge < -0.3 is 10.5 Å². The summed E-state index contributed by atoms with van der Waals surface area (Å²) >= 11 is 3.59. The van der Waals surface area contributed by atoms with Crippen LogP contribution in [0.4, 0.5) is 0 Å². The average molecular weight is 499 g/mol. The highest BCUT2D eigenvalue weighted by Gasteiger charge is 2.19. The van der Waals surface area contributed by atoms with Crippen molar-refractivity contribution in [2.24, 2.45) is 11.1 Å². The summed E-state index contributed by atoms with van der Waals surface area (Å²) in [5.41, 5.74) is 8.01. The van der Waals surface area contributed by atoms with Crippen LogP contribution < -0.4 is 10.5 Å². The van der Waals surface area contributed by atoms with Gasteiger partial charge in [-0.05, 0) is 40.2 Å². The van der Waals surface area contributed by atoms with E-state index in [1.807, 2.05) is 53.1 Å². The second kappa shape index (κ2) is 9.26. The Morgan fingerprint density at radius 3 is 2.59 bits per heavy atom. The molecule has 6 nitrogen and oxygen atoms in total. The molecule has 0 aliphatic rings. The quantitative estimate of drug-likeness (QED) is 0.422. The van der Waals surface area contributed by atoms with Gasteiger partial charge in [-0.15, -0.1) is 35.0 Å². The Morgan fingerprint density at radius 2 is 1.83 bits per heavy atom. The predicted octanol–water partition coefficient (Wildman–Crippen LogP) is 4.91. The van der Waals surface area contributed by atoms with Crippen LogP contribution in [0.1, 0.15) is 13.8 Å². The number of nitrogens with zero attached hydrogens (tertiary/aromatic N) is 4. The molecule has 0 aliphatic heterocycles. The number of rotatable bonds is 5. The van der Waals surface area contributed by atoms with Gasteiger partial charge >= 0.3 is 0 Å². The molecule has 1 aromatic carbocycles. The first kappa shape index (κ1) is 23.3. The summed E-state index contributed by atoms with van der Waals surface area (Å²) < 4.78 is 8.91. The Hall–Kier alpha value is -1.93. The Kier molecular flexibility index (Phi) is 7.45. The number of halogens is 3. The Morgan fingerprint density at radius 1 is 1.07 bits per heavy atom. The van der Waals surface area contributed by atoms with Crippen molar-refractivity contribution in [1.29, 1.82) is 0 Å². The lowest BCUT2D eigenvalue weighted by Gasteiger charge is -2.23. The monoisotopic (exact) mass is 497 g/mol. The summed E-state index contributed by atoms with van der Waals surface area (Å²) in [7, 11) is 0. The Labute approximate surface area is 189 Å². The zero-order valence-corrected chi connectivity index (χ0v) is 19.2. The van der Waals surface area contributed by atoms with Gasteiger partial charge in [0.1, 0.15) is 11.2 Å². The molecule has 0 unspecified atom stereocenters. The molecule has 0 amide bonds. The van der Waals surface area contributed by atoms with Crippen molar-refractivity contribution in [3.05, 3.63) is 53.1 Å². The molecule has 2 N–H and O–H groups in total. The van der Waals surface area contributed by atoms with Crippen molar-refractivity contribution in [2.45, 2.75) is 13.8 Å². The number of pyridine rings is 2. The highest BCUT2D eigenvalue weighted by Crippen LogP contribution is 2.35. The molecule has 3 aromatic heterocycles. The van der Waals surface area contributed by atoms with Crippen LogP contribution in [0.5, 0.6) is 5.75 Å². The maximum absolute atomic E-state index is 6.13. The molecule has 0 saturated carbocycles. The zero-order valence-electron chi connectivity index (χ0n) is 16.0. The first-order valence-corrected chi connectivity index (χ1v) is 9.50. The molecule has 0 fully saturated rings. The Balaban J connectivity index is 0.00000150. The number of benzene rings is 1. The minimum absolute atomic E-state index is 0. The van der Waals surface area contributed by atoms with Gasteiger partial charge in [-0.1, -0.05) is 32.0 Å². The average Bonchev–Trinajstić information content (AvgIpc) is 3.11. The summed E-state index contributed by atoms with van der Waals surface area (Å²) in [6, 6.07) is 13.8. The van der Waals surface area contributed by atoms with Crippen LogP contribution in [-0.4, -0.2) is 32.7 Å². The molecule has 0 radical (unpaired) electrons. The van der Waals surface area contributed by atoms with Crippen LogP contribution in [0.3, 0.4) is 0 Å². The standard InChI is InChI=1S/C20H20BrN5O.2ClH/c1-20(2,11-22)12-27-18-14(21)8-6-13-7-9-15(23-17(13)18)19-25-24-16-5-3-4-10-26(16)19;;/h3-10H,11-12,22H2,1-2H3;2*1H. The number of hydrogen-bond acceptors (Lipinski definition) is 5.